The molecule has 0 unspecified atom stereocenters. The van der Waals surface area contributed by atoms with Crippen molar-refractivity contribution in [1.82, 2.24) is 4.90 Å². The van der Waals surface area contributed by atoms with Crippen LogP contribution in [-0.4, -0.2) is 30.6 Å². The van der Waals surface area contributed by atoms with E-state index in [0.29, 0.717) is 5.41 Å². The van der Waals surface area contributed by atoms with Gasteiger partial charge in [0.15, 0.2) is 0 Å². The first-order valence-corrected chi connectivity index (χ1v) is 7.17. The number of nitrogens with zero attached hydrogens (tertiary/aromatic N) is 1. The molecule has 16 heavy (non-hydrogen) atoms. The second-order valence-corrected chi connectivity index (χ2v) is 6.02. The van der Waals surface area contributed by atoms with Crippen molar-refractivity contribution in [3.63, 3.8) is 0 Å². The van der Waals surface area contributed by atoms with Crippen molar-refractivity contribution in [2.45, 2.75) is 58.4 Å². The van der Waals surface area contributed by atoms with Crippen LogP contribution >= 0.6 is 0 Å². The highest BCUT2D eigenvalue weighted by molar-refractivity contribution is 4.92. The van der Waals surface area contributed by atoms with E-state index in [1.165, 1.54) is 51.6 Å². The number of hydrogen-bond donors (Lipinski definition) is 1. The molecule has 2 fully saturated rings. The fourth-order valence-electron chi connectivity index (χ4n) is 2.67. The fraction of sp³-hybridized carbons (Fsp3) is 1.00. The summed E-state index contributed by atoms with van der Waals surface area (Å²) in [6.45, 7) is 8.06. The van der Waals surface area contributed by atoms with E-state index in [0.717, 1.165) is 18.5 Å². The van der Waals surface area contributed by atoms with E-state index in [4.69, 9.17) is 5.73 Å². The van der Waals surface area contributed by atoms with Gasteiger partial charge in [-0.3, -0.25) is 4.90 Å². The third kappa shape index (κ3) is 2.98. The Kier molecular flexibility index (Phi) is 3.91. The van der Waals surface area contributed by atoms with Gasteiger partial charge in [-0.05, 0) is 56.4 Å². The predicted molar refractivity (Wildman–Crippen MR) is 69.4 cm³/mol. The zero-order chi connectivity index (χ0) is 11.6. The minimum atomic E-state index is 0.386. The van der Waals surface area contributed by atoms with Crippen molar-refractivity contribution in [1.29, 1.82) is 0 Å². The van der Waals surface area contributed by atoms with Crippen molar-refractivity contribution >= 4 is 0 Å². The van der Waals surface area contributed by atoms with Gasteiger partial charge in [0.05, 0.1) is 0 Å². The van der Waals surface area contributed by atoms with Gasteiger partial charge in [0, 0.05) is 19.1 Å². The molecule has 0 aromatic heterocycles. The Morgan fingerprint density at radius 1 is 1.12 bits per heavy atom. The summed E-state index contributed by atoms with van der Waals surface area (Å²) in [7, 11) is 0. The van der Waals surface area contributed by atoms with E-state index in [1.54, 1.807) is 0 Å². The average Bonchev–Trinajstić information content (AvgIpc) is 3.17. The average molecular weight is 224 g/mol. The molecule has 0 spiro atoms. The lowest BCUT2D eigenvalue weighted by Gasteiger charge is -2.36. The van der Waals surface area contributed by atoms with Gasteiger partial charge < -0.3 is 5.73 Å². The summed E-state index contributed by atoms with van der Waals surface area (Å²) < 4.78 is 0. The van der Waals surface area contributed by atoms with E-state index in [2.05, 4.69) is 18.7 Å². The van der Waals surface area contributed by atoms with Crippen LogP contribution in [-0.2, 0) is 0 Å². The smallest absolute Gasteiger partial charge is 0.00967 e. The van der Waals surface area contributed by atoms with E-state index >= 15 is 0 Å². The molecular weight excluding hydrogens is 196 g/mol. The topological polar surface area (TPSA) is 29.3 Å². The molecule has 0 heterocycles. The van der Waals surface area contributed by atoms with Crippen LogP contribution in [0, 0.1) is 11.3 Å². The summed E-state index contributed by atoms with van der Waals surface area (Å²) in [6, 6.07) is 0.907. The first kappa shape index (κ1) is 12.4. The lowest BCUT2D eigenvalue weighted by molar-refractivity contribution is 0.132. The third-order valence-corrected chi connectivity index (χ3v) is 4.72. The zero-order valence-electron chi connectivity index (χ0n) is 11.0. The molecule has 0 saturated heterocycles. The molecule has 0 atom stereocenters. The maximum absolute atomic E-state index is 6.02. The van der Waals surface area contributed by atoms with Gasteiger partial charge in [-0.25, -0.2) is 0 Å². The number of nitrogens with two attached hydrogens (primary N) is 1. The normalized spacial score (nSPS) is 21.8. The molecule has 0 aromatic rings. The molecule has 2 saturated carbocycles. The lowest BCUT2D eigenvalue weighted by Crippen LogP contribution is -2.43. The Labute approximate surface area is 101 Å². The second-order valence-electron chi connectivity index (χ2n) is 6.02. The minimum Gasteiger partial charge on any atom is -0.330 e. The first-order chi connectivity index (χ1) is 7.73. The highest BCUT2D eigenvalue weighted by atomic mass is 15.2. The van der Waals surface area contributed by atoms with Crippen LogP contribution in [0.2, 0.25) is 0 Å². The molecule has 0 amide bonds. The van der Waals surface area contributed by atoms with Crippen LogP contribution in [0.25, 0.3) is 0 Å². The van der Waals surface area contributed by atoms with Crippen molar-refractivity contribution < 1.29 is 0 Å². The van der Waals surface area contributed by atoms with E-state index < -0.39 is 0 Å². The van der Waals surface area contributed by atoms with Gasteiger partial charge in [0.2, 0.25) is 0 Å². The summed E-state index contributed by atoms with van der Waals surface area (Å²) in [5, 5.41) is 0. The Hall–Kier alpha value is -0.0800. The highest BCUT2D eigenvalue weighted by Gasteiger charge is 2.37. The maximum atomic E-state index is 6.02. The Balaban J connectivity index is 1.90. The van der Waals surface area contributed by atoms with Crippen LogP contribution in [0.4, 0.5) is 0 Å². The molecule has 0 aromatic carbocycles. The van der Waals surface area contributed by atoms with Crippen LogP contribution in [0.1, 0.15) is 52.4 Å². The van der Waals surface area contributed by atoms with Crippen molar-refractivity contribution in [3.8, 4) is 0 Å². The molecule has 2 heteroatoms. The Morgan fingerprint density at radius 3 is 2.12 bits per heavy atom. The van der Waals surface area contributed by atoms with Gasteiger partial charge in [0.25, 0.3) is 0 Å². The monoisotopic (exact) mass is 224 g/mol. The molecular formula is C14H28N2. The molecule has 2 N–H and O–H groups in total. The molecule has 0 aliphatic heterocycles. The maximum Gasteiger partial charge on any atom is 0.00967 e. The van der Waals surface area contributed by atoms with E-state index in [9.17, 15) is 0 Å². The van der Waals surface area contributed by atoms with Crippen LogP contribution in [0.15, 0.2) is 0 Å². The van der Waals surface area contributed by atoms with E-state index in [-0.39, 0.29) is 0 Å². The summed E-state index contributed by atoms with van der Waals surface area (Å²) >= 11 is 0. The van der Waals surface area contributed by atoms with Crippen LogP contribution < -0.4 is 5.73 Å². The SMILES string of the molecule is CCC(CC)(CN)CN(CC1CC1)C1CC1. The lowest BCUT2D eigenvalue weighted by atomic mass is 9.81. The first-order valence-electron chi connectivity index (χ1n) is 7.17. The molecule has 2 nitrogen and oxygen atoms in total. The predicted octanol–water partition coefficient (Wildman–Crippen LogP) is 2.63. The Bertz CT molecular complexity index is 207. The molecule has 0 radical (unpaired) electrons. The summed E-state index contributed by atoms with van der Waals surface area (Å²) in [5.41, 5.74) is 6.40. The molecule has 2 aliphatic rings. The van der Waals surface area contributed by atoms with Crippen molar-refractivity contribution in [3.05, 3.63) is 0 Å². The van der Waals surface area contributed by atoms with Gasteiger partial charge in [-0.15, -0.1) is 0 Å². The molecule has 2 aliphatic carbocycles. The molecule has 94 valence electrons. The summed E-state index contributed by atoms with van der Waals surface area (Å²) in [4.78, 5) is 2.76. The molecule has 2 rings (SSSR count). The third-order valence-electron chi connectivity index (χ3n) is 4.72. The number of rotatable bonds is 8. The van der Waals surface area contributed by atoms with Crippen LogP contribution in [0.5, 0.6) is 0 Å². The quantitative estimate of drug-likeness (QED) is 0.687. The summed E-state index contributed by atoms with van der Waals surface area (Å²) in [5.74, 6) is 1.02. The standard InChI is InChI=1S/C14H28N2/c1-3-14(4-2,10-15)11-16(13-7-8-13)9-12-5-6-12/h12-13H,3-11,15H2,1-2H3. The van der Waals surface area contributed by atoms with Crippen LogP contribution in [0.3, 0.4) is 0 Å². The van der Waals surface area contributed by atoms with Gasteiger partial charge in [-0.2, -0.15) is 0 Å². The van der Waals surface area contributed by atoms with Gasteiger partial charge in [-0.1, -0.05) is 13.8 Å². The fourth-order valence-corrected chi connectivity index (χ4v) is 2.67. The highest BCUT2D eigenvalue weighted by Crippen LogP contribution is 2.37. The number of hydrogen-bond acceptors (Lipinski definition) is 2. The van der Waals surface area contributed by atoms with Gasteiger partial charge >= 0.3 is 0 Å². The second kappa shape index (κ2) is 5.05. The largest absolute Gasteiger partial charge is 0.330 e. The zero-order valence-corrected chi connectivity index (χ0v) is 11.0. The minimum absolute atomic E-state index is 0.386. The molecule has 0 bridgehead atoms. The van der Waals surface area contributed by atoms with Crippen molar-refractivity contribution in [2.75, 3.05) is 19.6 Å². The van der Waals surface area contributed by atoms with E-state index in [1.807, 2.05) is 0 Å². The Morgan fingerprint density at radius 2 is 1.75 bits per heavy atom. The van der Waals surface area contributed by atoms with Gasteiger partial charge in [0.1, 0.15) is 0 Å². The summed E-state index contributed by atoms with van der Waals surface area (Å²) in [6.07, 6.45) is 8.26. The van der Waals surface area contributed by atoms with Crippen molar-refractivity contribution in [2.24, 2.45) is 17.1 Å².